The maximum Gasteiger partial charge on any atom is 0.438 e. The molecule has 35 heavy (non-hydrogen) atoms. The Balaban J connectivity index is 1.83. The molecule has 1 atom stereocenters. The van der Waals surface area contributed by atoms with Crippen LogP contribution in [0.2, 0.25) is 0 Å². The zero-order valence-electron chi connectivity index (χ0n) is 20.4. The highest BCUT2D eigenvalue weighted by Crippen LogP contribution is 2.41. The molecule has 1 aliphatic rings. The largest absolute Gasteiger partial charge is 0.438 e. The molecule has 0 spiro atoms. The van der Waals surface area contributed by atoms with Crippen molar-refractivity contribution in [2.75, 3.05) is 0 Å². The third-order valence-electron chi connectivity index (χ3n) is 6.33. The van der Waals surface area contributed by atoms with E-state index in [0.717, 1.165) is 49.9 Å². The number of hydrogen-bond donors (Lipinski definition) is 1. The van der Waals surface area contributed by atoms with E-state index < -0.39 is 29.2 Å². The van der Waals surface area contributed by atoms with Crippen molar-refractivity contribution in [2.45, 2.75) is 109 Å². The van der Waals surface area contributed by atoms with Crippen molar-refractivity contribution in [1.29, 1.82) is 0 Å². The predicted octanol–water partition coefficient (Wildman–Crippen LogP) is 7.14. The number of hydrogen-bond acceptors (Lipinski definition) is 5. The number of amides is 1. The first-order chi connectivity index (χ1) is 16.6. The molecule has 0 saturated heterocycles. The lowest BCUT2D eigenvalue weighted by Gasteiger charge is -2.32. The van der Waals surface area contributed by atoms with E-state index in [1.165, 1.54) is 44.9 Å². The first-order valence-corrected chi connectivity index (χ1v) is 12.5. The zero-order valence-corrected chi connectivity index (χ0v) is 20.4. The van der Waals surface area contributed by atoms with Crippen LogP contribution < -0.4 is 0 Å². The van der Waals surface area contributed by atoms with Crippen LogP contribution in [0.5, 0.6) is 0 Å². The number of nitrogens with zero attached hydrogens (tertiary/aromatic N) is 3. The number of aliphatic hydroxyl groups is 1. The Bertz CT molecular complexity index is 859. The van der Waals surface area contributed by atoms with Crippen LogP contribution in [-0.4, -0.2) is 38.6 Å². The summed E-state index contributed by atoms with van der Waals surface area (Å²) in [5.41, 5.74) is -3.84. The number of alkyl halides is 3. The van der Waals surface area contributed by atoms with Gasteiger partial charge in [0, 0.05) is 29.8 Å². The van der Waals surface area contributed by atoms with Gasteiger partial charge in [0.25, 0.3) is 17.3 Å². The van der Waals surface area contributed by atoms with Crippen molar-refractivity contribution >= 4 is 17.3 Å². The second-order valence-corrected chi connectivity index (χ2v) is 9.22. The number of carbonyl (C=O) groups excluding carboxylic acids is 1. The van der Waals surface area contributed by atoms with Crippen LogP contribution >= 0.6 is 0 Å². The van der Waals surface area contributed by atoms with Gasteiger partial charge in [0.2, 0.25) is 0 Å². The number of hydrazone groups is 1. The number of nitro groups is 1. The number of rotatable bonds is 15. The molecule has 1 N–H and O–H groups in total. The van der Waals surface area contributed by atoms with Gasteiger partial charge in [-0.15, -0.1) is 0 Å². The predicted molar refractivity (Wildman–Crippen MR) is 128 cm³/mol. The lowest BCUT2D eigenvalue weighted by Crippen LogP contribution is -2.56. The molecule has 1 amide bonds. The SMILES string of the molecule is CCCCCCCCCCCCCCC1=NN(C(=O)c2ccc([N+](=O)[O-])cc2)C(O)(C(F)(F)F)C1. The van der Waals surface area contributed by atoms with Crippen molar-refractivity contribution in [3.05, 3.63) is 39.9 Å². The normalized spacial score (nSPS) is 18.1. The summed E-state index contributed by atoms with van der Waals surface area (Å²) < 4.78 is 41.1. The Morgan fingerprint density at radius 2 is 1.49 bits per heavy atom. The van der Waals surface area contributed by atoms with Gasteiger partial charge in [-0.1, -0.05) is 77.6 Å². The Hall–Kier alpha value is -2.49. The van der Waals surface area contributed by atoms with Gasteiger partial charge >= 0.3 is 6.18 Å². The molecule has 0 bridgehead atoms. The Morgan fingerprint density at radius 3 is 1.94 bits per heavy atom. The fourth-order valence-electron chi connectivity index (χ4n) is 4.21. The Labute approximate surface area is 204 Å². The minimum atomic E-state index is -5.11. The van der Waals surface area contributed by atoms with E-state index in [9.17, 15) is 33.2 Å². The molecule has 0 saturated carbocycles. The van der Waals surface area contributed by atoms with Crippen LogP contribution in [0.15, 0.2) is 29.4 Å². The second-order valence-electron chi connectivity index (χ2n) is 9.22. The highest BCUT2D eigenvalue weighted by molar-refractivity contribution is 5.98. The molecule has 0 aromatic heterocycles. The van der Waals surface area contributed by atoms with Gasteiger partial charge in [0.15, 0.2) is 0 Å². The summed E-state index contributed by atoms with van der Waals surface area (Å²) in [7, 11) is 0. The highest BCUT2D eigenvalue weighted by Gasteiger charge is 2.63. The molecule has 196 valence electrons. The van der Waals surface area contributed by atoms with Crippen molar-refractivity contribution in [1.82, 2.24) is 5.01 Å². The average Bonchev–Trinajstić information content (AvgIpc) is 3.17. The molecule has 1 heterocycles. The summed E-state index contributed by atoms with van der Waals surface area (Å²) in [4.78, 5) is 22.8. The fourth-order valence-corrected chi connectivity index (χ4v) is 4.21. The van der Waals surface area contributed by atoms with Crippen molar-refractivity contribution in [3.8, 4) is 0 Å². The average molecular weight is 500 g/mol. The van der Waals surface area contributed by atoms with Crippen LogP contribution in [-0.2, 0) is 0 Å². The van der Waals surface area contributed by atoms with Crippen LogP contribution in [0.25, 0.3) is 0 Å². The molecular formula is C25H36F3N3O4. The van der Waals surface area contributed by atoms with Crippen LogP contribution in [0.3, 0.4) is 0 Å². The molecule has 1 unspecified atom stereocenters. The van der Waals surface area contributed by atoms with Crippen molar-refractivity contribution < 1.29 is 28.0 Å². The highest BCUT2D eigenvalue weighted by atomic mass is 19.4. The van der Waals surface area contributed by atoms with E-state index in [1.54, 1.807) is 0 Å². The zero-order chi connectivity index (χ0) is 25.9. The molecule has 0 aliphatic carbocycles. The first kappa shape index (κ1) is 28.7. The summed E-state index contributed by atoms with van der Waals surface area (Å²) in [5.74, 6) is -1.16. The van der Waals surface area contributed by atoms with E-state index >= 15 is 0 Å². The summed E-state index contributed by atoms with van der Waals surface area (Å²) in [6.07, 6.45) is 7.92. The quantitative estimate of drug-likeness (QED) is 0.158. The second kappa shape index (κ2) is 13.6. The van der Waals surface area contributed by atoms with Gasteiger partial charge in [-0.3, -0.25) is 14.9 Å². The molecular weight excluding hydrogens is 463 g/mol. The topological polar surface area (TPSA) is 96.0 Å². The van der Waals surface area contributed by atoms with Crippen LogP contribution in [0.4, 0.5) is 18.9 Å². The number of unbranched alkanes of at least 4 members (excludes halogenated alkanes) is 11. The number of benzene rings is 1. The first-order valence-electron chi connectivity index (χ1n) is 12.5. The van der Waals surface area contributed by atoms with Gasteiger partial charge in [0.05, 0.1) is 4.92 Å². The van der Waals surface area contributed by atoms with E-state index in [2.05, 4.69) is 12.0 Å². The molecule has 0 radical (unpaired) electrons. The number of nitro benzene ring substituents is 1. The summed E-state index contributed by atoms with van der Waals surface area (Å²) >= 11 is 0. The minimum absolute atomic E-state index is 0.0734. The van der Waals surface area contributed by atoms with Crippen molar-refractivity contribution in [3.63, 3.8) is 0 Å². The fraction of sp³-hybridized carbons (Fsp3) is 0.680. The minimum Gasteiger partial charge on any atom is -0.362 e. The lowest BCUT2D eigenvalue weighted by molar-refractivity contribution is -0.384. The summed E-state index contributed by atoms with van der Waals surface area (Å²) in [5, 5.41) is 25.1. The Morgan fingerprint density at radius 1 is 1.00 bits per heavy atom. The third-order valence-corrected chi connectivity index (χ3v) is 6.33. The maximum absolute atomic E-state index is 13.7. The number of non-ortho nitro benzene ring substituents is 1. The number of halogens is 3. The van der Waals surface area contributed by atoms with Gasteiger partial charge in [-0.2, -0.15) is 23.3 Å². The maximum atomic E-state index is 13.7. The third kappa shape index (κ3) is 8.30. The van der Waals surface area contributed by atoms with E-state index in [1.807, 2.05) is 0 Å². The van der Waals surface area contributed by atoms with E-state index in [0.29, 0.717) is 6.42 Å². The molecule has 1 aromatic carbocycles. The standard InChI is InChI=1S/C25H36F3N3O4/c1-2-3-4-5-6-7-8-9-10-11-12-13-14-21-19-24(33,25(26,27)28)30(29-21)23(32)20-15-17-22(18-16-20)31(34)35/h15-18,33H,2-14,19H2,1H3. The van der Waals surface area contributed by atoms with Gasteiger partial charge in [-0.25, -0.2) is 0 Å². The molecule has 7 nitrogen and oxygen atoms in total. The van der Waals surface area contributed by atoms with E-state index in [4.69, 9.17) is 0 Å². The molecule has 0 fully saturated rings. The van der Waals surface area contributed by atoms with Crippen LogP contribution in [0, 0.1) is 10.1 Å². The Kier molecular flexibility index (Phi) is 11.1. The summed E-state index contributed by atoms with van der Waals surface area (Å²) in [6.45, 7) is 2.20. The summed E-state index contributed by atoms with van der Waals surface area (Å²) in [6, 6.07) is 4.14. The van der Waals surface area contributed by atoms with Crippen molar-refractivity contribution in [2.24, 2.45) is 5.10 Å². The monoisotopic (exact) mass is 499 g/mol. The molecule has 10 heteroatoms. The smallest absolute Gasteiger partial charge is 0.362 e. The molecule has 1 aromatic rings. The van der Waals surface area contributed by atoms with Gasteiger partial charge < -0.3 is 5.11 Å². The molecule has 1 aliphatic heterocycles. The van der Waals surface area contributed by atoms with Crippen LogP contribution in [0.1, 0.15) is 107 Å². The van der Waals surface area contributed by atoms with Gasteiger partial charge in [-0.05, 0) is 25.0 Å². The molecule has 2 rings (SSSR count). The van der Waals surface area contributed by atoms with E-state index in [-0.39, 0.29) is 28.4 Å². The number of carbonyl (C=O) groups is 1. The van der Waals surface area contributed by atoms with Gasteiger partial charge in [0.1, 0.15) is 0 Å². The lowest BCUT2D eigenvalue weighted by atomic mass is 10.0.